The standard InChI is InChI=1S/C28H45NO4/c1-17-8-11-22(30)25(31)24(17)28-12-13-29(16-19-9-10-19)18(2)20(28)14-21(23(15-28)33-7)27(6,32)26(3,4)5/h8,11,18-21,23,30-32H,9-10,12-16H2,1-7H3/t18?,20?,21?,23?,27?,28-/m0/s1. The number of piperidine rings is 1. The van der Waals surface area contributed by atoms with E-state index in [1.54, 1.807) is 13.2 Å². The molecule has 0 radical (unpaired) electrons. The maximum atomic E-state index is 11.8. The zero-order valence-electron chi connectivity index (χ0n) is 21.7. The van der Waals surface area contributed by atoms with Crippen molar-refractivity contribution in [1.29, 1.82) is 0 Å². The second-order valence-electron chi connectivity index (χ2n) is 12.5. The second-order valence-corrected chi connectivity index (χ2v) is 12.5. The highest BCUT2D eigenvalue weighted by Gasteiger charge is 2.59. The number of rotatable bonds is 5. The summed E-state index contributed by atoms with van der Waals surface area (Å²) in [7, 11) is 1.76. The van der Waals surface area contributed by atoms with Gasteiger partial charge in [0.15, 0.2) is 11.5 Å². The average molecular weight is 460 g/mol. The number of methoxy groups -OCH3 is 1. The Morgan fingerprint density at radius 3 is 2.39 bits per heavy atom. The molecule has 1 saturated heterocycles. The minimum Gasteiger partial charge on any atom is -0.504 e. The van der Waals surface area contributed by atoms with Gasteiger partial charge in [-0.3, -0.25) is 0 Å². The molecule has 5 unspecified atom stereocenters. The fourth-order valence-corrected chi connectivity index (χ4v) is 7.06. The highest BCUT2D eigenvalue weighted by atomic mass is 16.5. The minimum atomic E-state index is -0.895. The van der Waals surface area contributed by atoms with E-state index in [4.69, 9.17) is 4.74 Å². The molecule has 0 aromatic heterocycles. The van der Waals surface area contributed by atoms with Gasteiger partial charge < -0.3 is 25.0 Å². The smallest absolute Gasteiger partial charge is 0.161 e. The van der Waals surface area contributed by atoms with Crippen molar-refractivity contribution in [2.24, 2.45) is 23.2 Å². The number of hydrogen-bond donors (Lipinski definition) is 3. The van der Waals surface area contributed by atoms with Crippen LogP contribution in [-0.4, -0.2) is 58.2 Å². The number of phenolic OH excluding ortho intramolecular Hbond substituents is 2. The molecule has 0 spiro atoms. The molecule has 6 atom stereocenters. The summed E-state index contributed by atoms with van der Waals surface area (Å²) < 4.78 is 6.11. The molecule has 3 aliphatic rings. The molecule has 1 aromatic carbocycles. The van der Waals surface area contributed by atoms with Crippen LogP contribution in [-0.2, 0) is 10.2 Å². The van der Waals surface area contributed by atoms with E-state index in [2.05, 4.69) is 32.6 Å². The molecule has 3 N–H and O–H groups in total. The van der Waals surface area contributed by atoms with Gasteiger partial charge in [0.25, 0.3) is 0 Å². The number of benzene rings is 1. The lowest BCUT2D eigenvalue weighted by Crippen LogP contribution is -2.64. The molecular formula is C28H45NO4. The summed E-state index contributed by atoms with van der Waals surface area (Å²) in [4.78, 5) is 2.64. The van der Waals surface area contributed by atoms with Crippen molar-refractivity contribution in [3.8, 4) is 11.5 Å². The Bertz CT molecular complexity index is 871. The van der Waals surface area contributed by atoms with Crippen LogP contribution in [0.5, 0.6) is 11.5 Å². The Hall–Kier alpha value is -1.30. The van der Waals surface area contributed by atoms with E-state index in [-0.39, 0.29) is 40.3 Å². The summed E-state index contributed by atoms with van der Waals surface area (Å²) >= 11 is 0. The van der Waals surface area contributed by atoms with Crippen molar-refractivity contribution >= 4 is 0 Å². The Morgan fingerprint density at radius 1 is 1.15 bits per heavy atom. The van der Waals surface area contributed by atoms with Gasteiger partial charge in [0, 0.05) is 36.6 Å². The van der Waals surface area contributed by atoms with Gasteiger partial charge >= 0.3 is 0 Å². The molecule has 1 heterocycles. The van der Waals surface area contributed by atoms with Crippen LogP contribution in [0.25, 0.3) is 0 Å². The monoisotopic (exact) mass is 459 g/mol. The van der Waals surface area contributed by atoms with Crippen LogP contribution in [0.1, 0.15) is 77.8 Å². The van der Waals surface area contributed by atoms with Crippen LogP contribution in [0.4, 0.5) is 0 Å². The fourth-order valence-electron chi connectivity index (χ4n) is 7.06. The molecular weight excluding hydrogens is 414 g/mol. The normalized spacial score (nSPS) is 35.2. The summed E-state index contributed by atoms with van der Waals surface area (Å²) in [5.74, 6) is 1.04. The number of phenols is 2. The van der Waals surface area contributed by atoms with Crippen molar-refractivity contribution in [3.63, 3.8) is 0 Å². The second kappa shape index (κ2) is 8.42. The number of nitrogens with zero attached hydrogens (tertiary/aromatic N) is 1. The topological polar surface area (TPSA) is 73.2 Å². The molecule has 2 saturated carbocycles. The summed E-state index contributed by atoms with van der Waals surface area (Å²) in [5.41, 5.74) is 0.435. The molecule has 1 aromatic rings. The highest BCUT2D eigenvalue weighted by molar-refractivity contribution is 5.53. The average Bonchev–Trinajstić information content (AvgIpc) is 3.56. The molecule has 33 heavy (non-hydrogen) atoms. The zero-order chi connectivity index (χ0) is 24.3. The lowest BCUT2D eigenvalue weighted by molar-refractivity contribution is -0.175. The molecule has 2 aliphatic carbocycles. The molecule has 3 fully saturated rings. The van der Waals surface area contributed by atoms with Crippen molar-refractivity contribution in [2.75, 3.05) is 20.2 Å². The van der Waals surface area contributed by atoms with Crippen molar-refractivity contribution < 1.29 is 20.1 Å². The van der Waals surface area contributed by atoms with E-state index in [1.807, 2.05) is 19.9 Å². The van der Waals surface area contributed by atoms with Gasteiger partial charge in [-0.05, 0) is 88.3 Å². The molecule has 0 bridgehead atoms. The largest absolute Gasteiger partial charge is 0.504 e. The summed E-state index contributed by atoms with van der Waals surface area (Å²) in [6.07, 6.45) is 5.04. The quantitative estimate of drug-likeness (QED) is 0.541. The Labute approximate surface area is 200 Å². The third kappa shape index (κ3) is 4.08. The first-order valence-electron chi connectivity index (χ1n) is 12.8. The minimum absolute atomic E-state index is 0.0105. The molecule has 1 aliphatic heterocycles. The van der Waals surface area contributed by atoms with Crippen LogP contribution in [0.2, 0.25) is 0 Å². The molecule has 4 rings (SSSR count). The van der Waals surface area contributed by atoms with Crippen LogP contribution in [0, 0.1) is 30.1 Å². The SMILES string of the molecule is COC1C[C@@]2(c3c(C)ccc(O)c3O)CCN(CC3CC3)C(C)C2CC1C(C)(O)C(C)(C)C. The van der Waals surface area contributed by atoms with Gasteiger partial charge in [-0.25, -0.2) is 0 Å². The zero-order valence-corrected chi connectivity index (χ0v) is 21.7. The third-order valence-corrected chi connectivity index (χ3v) is 9.83. The molecule has 5 nitrogen and oxygen atoms in total. The van der Waals surface area contributed by atoms with Gasteiger partial charge in [-0.15, -0.1) is 0 Å². The number of likely N-dealkylation sites (tertiary alicyclic amines) is 1. The first-order valence-corrected chi connectivity index (χ1v) is 12.8. The Balaban J connectivity index is 1.82. The van der Waals surface area contributed by atoms with Crippen LogP contribution >= 0.6 is 0 Å². The van der Waals surface area contributed by atoms with E-state index >= 15 is 0 Å². The predicted molar refractivity (Wildman–Crippen MR) is 132 cm³/mol. The van der Waals surface area contributed by atoms with E-state index in [9.17, 15) is 15.3 Å². The van der Waals surface area contributed by atoms with E-state index in [0.29, 0.717) is 6.04 Å². The van der Waals surface area contributed by atoms with E-state index < -0.39 is 5.60 Å². The van der Waals surface area contributed by atoms with Crippen molar-refractivity contribution in [1.82, 2.24) is 4.90 Å². The highest BCUT2D eigenvalue weighted by Crippen LogP contribution is 2.59. The van der Waals surface area contributed by atoms with Crippen LogP contribution in [0.3, 0.4) is 0 Å². The van der Waals surface area contributed by atoms with E-state index in [1.165, 1.54) is 12.8 Å². The molecule has 5 heteroatoms. The lowest BCUT2D eigenvalue weighted by Gasteiger charge is -2.61. The van der Waals surface area contributed by atoms with Gasteiger partial charge in [-0.2, -0.15) is 0 Å². The number of aliphatic hydroxyl groups is 1. The molecule has 0 amide bonds. The maximum Gasteiger partial charge on any atom is 0.161 e. The van der Waals surface area contributed by atoms with Gasteiger partial charge in [0.1, 0.15) is 0 Å². The van der Waals surface area contributed by atoms with Crippen molar-refractivity contribution in [2.45, 2.75) is 96.8 Å². The Kier molecular flexibility index (Phi) is 6.33. The number of aryl methyl sites for hydroxylation is 1. The Morgan fingerprint density at radius 2 is 1.82 bits per heavy atom. The molecule has 186 valence electrons. The van der Waals surface area contributed by atoms with Crippen LogP contribution in [0.15, 0.2) is 12.1 Å². The number of ether oxygens (including phenoxy) is 1. The maximum absolute atomic E-state index is 11.8. The number of fused-ring (bicyclic) bond motifs is 1. The lowest BCUT2D eigenvalue weighted by atomic mass is 9.50. The summed E-state index contributed by atoms with van der Waals surface area (Å²) in [6, 6.07) is 3.85. The van der Waals surface area contributed by atoms with Gasteiger partial charge in [0.05, 0.1) is 11.7 Å². The van der Waals surface area contributed by atoms with Crippen molar-refractivity contribution in [3.05, 3.63) is 23.3 Å². The summed E-state index contributed by atoms with van der Waals surface area (Å²) in [6.45, 7) is 14.8. The first kappa shape index (κ1) is 24.8. The number of hydrogen-bond acceptors (Lipinski definition) is 5. The summed E-state index contributed by atoms with van der Waals surface area (Å²) in [5, 5.41) is 33.4. The first-order chi connectivity index (χ1) is 15.3. The van der Waals surface area contributed by atoms with Crippen LogP contribution < -0.4 is 0 Å². The third-order valence-electron chi connectivity index (χ3n) is 9.83. The predicted octanol–water partition coefficient (Wildman–Crippen LogP) is 4.99. The number of aromatic hydroxyl groups is 2. The fraction of sp³-hybridized carbons (Fsp3) is 0.786. The van der Waals surface area contributed by atoms with Gasteiger partial charge in [-0.1, -0.05) is 26.8 Å². The van der Waals surface area contributed by atoms with E-state index in [0.717, 1.165) is 49.4 Å². The van der Waals surface area contributed by atoms with Gasteiger partial charge in [0.2, 0.25) is 0 Å².